The van der Waals surface area contributed by atoms with Gasteiger partial charge in [0.05, 0.1) is 12.2 Å². The molecule has 2 aromatic carbocycles. The summed E-state index contributed by atoms with van der Waals surface area (Å²) in [5.74, 6) is -0.604. The maximum atomic E-state index is 13.2. The Morgan fingerprint density at radius 1 is 1.03 bits per heavy atom. The largest absolute Gasteiger partial charge is 0.462 e. The molecule has 0 spiro atoms. The molecule has 30 heavy (non-hydrogen) atoms. The number of carbonyl (C=O) groups excluding carboxylic acids is 2. The Balaban J connectivity index is 1.65. The summed E-state index contributed by atoms with van der Waals surface area (Å²) in [4.78, 5) is 26.1. The third-order valence-corrected chi connectivity index (χ3v) is 5.96. The highest BCUT2D eigenvalue weighted by atomic mass is 16.5. The van der Waals surface area contributed by atoms with Gasteiger partial charge in [0.2, 0.25) is 0 Å². The number of hydrogen-bond acceptors (Lipinski definition) is 4. The second-order valence-corrected chi connectivity index (χ2v) is 7.99. The number of ether oxygens (including phenoxy) is 1. The van der Waals surface area contributed by atoms with Crippen molar-refractivity contribution in [3.8, 4) is 0 Å². The van der Waals surface area contributed by atoms with E-state index >= 15 is 0 Å². The van der Waals surface area contributed by atoms with Crippen LogP contribution in [0.5, 0.6) is 0 Å². The first-order valence-corrected chi connectivity index (χ1v) is 10.6. The van der Waals surface area contributed by atoms with Gasteiger partial charge >= 0.3 is 5.97 Å². The Hall–Kier alpha value is -3.14. The normalized spacial score (nSPS) is 18.7. The topological polar surface area (TPSA) is 55.4 Å². The monoisotopic (exact) mass is 401 g/mol. The van der Waals surface area contributed by atoms with Crippen LogP contribution in [0.2, 0.25) is 0 Å². The molecule has 0 saturated carbocycles. The summed E-state index contributed by atoms with van der Waals surface area (Å²) in [7, 11) is 0. The van der Waals surface area contributed by atoms with E-state index in [1.165, 1.54) is 0 Å². The van der Waals surface area contributed by atoms with Gasteiger partial charge in [0.15, 0.2) is 5.78 Å². The second-order valence-electron chi connectivity index (χ2n) is 7.99. The van der Waals surface area contributed by atoms with E-state index in [1.54, 1.807) is 0 Å². The van der Waals surface area contributed by atoms with Crippen molar-refractivity contribution >= 4 is 11.8 Å². The average molecular weight is 402 g/mol. The van der Waals surface area contributed by atoms with E-state index in [4.69, 9.17) is 4.74 Å². The summed E-state index contributed by atoms with van der Waals surface area (Å²) >= 11 is 0. The smallest absolute Gasteiger partial charge is 0.336 e. The molecule has 0 radical (unpaired) electrons. The summed E-state index contributed by atoms with van der Waals surface area (Å²) in [5, 5.41) is 3.34. The molecule has 1 heterocycles. The Morgan fingerprint density at radius 3 is 2.53 bits per heavy atom. The molecule has 1 atom stereocenters. The molecule has 2 aromatic rings. The first-order valence-electron chi connectivity index (χ1n) is 10.6. The minimum absolute atomic E-state index is 0.124. The first-order chi connectivity index (χ1) is 14.6. The minimum atomic E-state index is -0.375. The predicted molar refractivity (Wildman–Crippen MR) is 117 cm³/mol. The molecule has 1 N–H and O–H groups in total. The minimum Gasteiger partial charge on any atom is -0.462 e. The van der Waals surface area contributed by atoms with Crippen LogP contribution in [0.1, 0.15) is 48.8 Å². The fourth-order valence-corrected chi connectivity index (χ4v) is 4.46. The van der Waals surface area contributed by atoms with Crippen molar-refractivity contribution in [3.63, 3.8) is 0 Å². The fourth-order valence-electron chi connectivity index (χ4n) is 4.46. The lowest BCUT2D eigenvalue weighted by molar-refractivity contribution is -0.139. The number of allylic oxidation sites excluding steroid dienone is 3. The Morgan fingerprint density at radius 2 is 1.77 bits per heavy atom. The third kappa shape index (κ3) is 3.95. The van der Waals surface area contributed by atoms with Crippen molar-refractivity contribution in [3.05, 3.63) is 93.8 Å². The van der Waals surface area contributed by atoms with Crippen LogP contribution in [0.15, 0.2) is 77.1 Å². The number of dihydropyridines is 1. The van der Waals surface area contributed by atoms with Gasteiger partial charge in [-0.2, -0.15) is 0 Å². The lowest BCUT2D eigenvalue weighted by Crippen LogP contribution is -2.34. The number of rotatable bonds is 5. The van der Waals surface area contributed by atoms with E-state index in [2.05, 4.69) is 5.32 Å². The molecule has 2 aliphatic rings. The summed E-state index contributed by atoms with van der Waals surface area (Å²) in [6.07, 6.45) is 2.86. The van der Waals surface area contributed by atoms with Crippen molar-refractivity contribution in [2.75, 3.05) is 6.61 Å². The van der Waals surface area contributed by atoms with Gasteiger partial charge in [0, 0.05) is 35.7 Å². The van der Waals surface area contributed by atoms with Gasteiger partial charge in [-0.25, -0.2) is 4.79 Å². The standard InChI is InChI=1S/C26H27NO3/c1-17-9-6-7-12-20(17)24-23(18(2)27-21-13-8-14-22(28)25(21)24)26(29)30-16-15-19-10-4-3-5-11-19/h3-7,9-12,24,27H,8,13-16H2,1-2H3/t24-/m1/s1. The van der Waals surface area contributed by atoms with Crippen LogP contribution in [0.4, 0.5) is 0 Å². The number of nitrogens with one attached hydrogen (secondary N) is 1. The molecule has 1 aliphatic carbocycles. The van der Waals surface area contributed by atoms with Crippen LogP contribution < -0.4 is 5.32 Å². The van der Waals surface area contributed by atoms with E-state index in [1.807, 2.05) is 68.4 Å². The van der Waals surface area contributed by atoms with Gasteiger partial charge in [-0.3, -0.25) is 4.79 Å². The lowest BCUT2D eigenvalue weighted by Gasteiger charge is -2.34. The maximum Gasteiger partial charge on any atom is 0.336 e. The van der Waals surface area contributed by atoms with Gasteiger partial charge in [0.25, 0.3) is 0 Å². The summed E-state index contributed by atoms with van der Waals surface area (Å²) in [6, 6.07) is 18.0. The highest BCUT2D eigenvalue weighted by Gasteiger charge is 2.39. The number of hydrogen-bond donors (Lipinski definition) is 1. The number of benzene rings is 2. The molecule has 1 aliphatic heterocycles. The van der Waals surface area contributed by atoms with Crippen molar-refractivity contribution < 1.29 is 14.3 Å². The molecule has 4 rings (SSSR count). The molecule has 4 nitrogen and oxygen atoms in total. The molecular formula is C26H27NO3. The van der Waals surface area contributed by atoms with Crippen LogP contribution in [-0.4, -0.2) is 18.4 Å². The molecule has 4 heteroatoms. The maximum absolute atomic E-state index is 13.2. The van der Waals surface area contributed by atoms with Crippen molar-refractivity contribution in [1.29, 1.82) is 0 Å². The molecule has 0 unspecified atom stereocenters. The van der Waals surface area contributed by atoms with E-state index in [9.17, 15) is 9.59 Å². The number of ketones is 1. The average Bonchev–Trinajstić information content (AvgIpc) is 2.74. The predicted octanol–water partition coefficient (Wildman–Crippen LogP) is 4.75. The SMILES string of the molecule is CC1=C(C(=O)OCCc2ccccc2)[C@@H](c2ccccc2C)C2=C(CCCC2=O)N1. The van der Waals surface area contributed by atoms with Gasteiger partial charge in [-0.05, 0) is 43.4 Å². The van der Waals surface area contributed by atoms with E-state index in [0.29, 0.717) is 25.0 Å². The van der Waals surface area contributed by atoms with Crippen LogP contribution in [0.25, 0.3) is 0 Å². The molecule has 0 fully saturated rings. The Bertz CT molecular complexity index is 1030. The number of carbonyl (C=O) groups is 2. The zero-order valence-electron chi connectivity index (χ0n) is 17.5. The summed E-state index contributed by atoms with van der Waals surface area (Å²) in [5.41, 5.74) is 6.20. The van der Waals surface area contributed by atoms with Gasteiger partial charge in [0.1, 0.15) is 0 Å². The molecule has 154 valence electrons. The van der Waals surface area contributed by atoms with E-state index in [0.717, 1.165) is 46.5 Å². The zero-order chi connectivity index (χ0) is 21.1. The number of esters is 1. The van der Waals surface area contributed by atoms with Crippen molar-refractivity contribution in [2.24, 2.45) is 0 Å². The van der Waals surface area contributed by atoms with Crippen LogP contribution in [0, 0.1) is 6.92 Å². The summed E-state index contributed by atoms with van der Waals surface area (Å²) in [6.45, 7) is 4.24. The summed E-state index contributed by atoms with van der Waals surface area (Å²) < 4.78 is 5.69. The van der Waals surface area contributed by atoms with Crippen LogP contribution in [-0.2, 0) is 20.7 Å². The lowest BCUT2D eigenvalue weighted by atomic mass is 9.74. The Kier molecular flexibility index (Phi) is 5.84. The van der Waals surface area contributed by atoms with Crippen LogP contribution in [0.3, 0.4) is 0 Å². The molecule has 0 saturated heterocycles. The zero-order valence-corrected chi connectivity index (χ0v) is 17.5. The Labute approximate surface area is 177 Å². The van der Waals surface area contributed by atoms with Crippen molar-refractivity contribution in [1.82, 2.24) is 5.32 Å². The molecule has 0 aromatic heterocycles. The number of aryl methyl sites for hydroxylation is 1. The van der Waals surface area contributed by atoms with Gasteiger partial charge < -0.3 is 10.1 Å². The van der Waals surface area contributed by atoms with Crippen molar-refractivity contribution in [2.45, 2.75) is 45.4 Å². The highest BCUT2D eigenvalue weighted by Crippen LogP contribution is 2.43. The molecular weight excluding hydrogens is 374 g/mol. The molecule has 0 bridgehead atoms. The highest BCUT2D eigenvalue weighted by molar-refractivity contribution is 6.03. The van der Waals surface area contributed by atoms with E-state index < -0.39 is 0 Å². The number of Topliss-reactive ketones (excluding diaryl/α,β-unsaturated/α-hetero) is 1. The third-order valence-electron chi connectivity index (χ3n) is 5.96. The van der Waals surface area contributed by atoms with Crippen LogP contribution >= 0.6 is 0 Å². The second kappa shape index (κ2) is 8.70. The van der Waals surface area contributed by atoms with Gasteiger partial charge in [-0.1, -0.05) is 54.6 Å². The van der Waals surface area contributed by atoms with Gasteiger partial charge in [-0.15, -0.1) is 0 Å². The fraction of sp³-hybridized carbons (Fsp3) is 0.308. The quantitative estimate of drug-likeness (QED) is 0.735. The molecule has 0 amide bonds. The first kappa shape index (κ1) is 20.1. The van der Waals surface area contributed by atoms with E-state index in [-0.39, 0.29) is 17.7 Å².